The van der Waals surface area contributed by atoms with Crippen LogP contribution in [0.1, 0.15) is 46.0 Å². The molecule has 2 N–H and O–H groups in total. The molecule has 142 valence electrons. The Balaban J connectivity index is 1.61. The molecule has 6 rings (SSSR count). The molecule has 0 aromatic carbocycles. The van der Waals surface area contributed by atoms with Crippen molar-refractivity contribution in [2.45, 2.75) is 57.8 Å². The van der Waals surface area contributed by atoms with Gasteiger partial charge in [-0.15, -0.1) is 0 Å². The van der Waals surface area contributed by atoms with Crippen molar-refractivity contribution in [3.05, 3.63) is 11.6 Å². The molecule has 5 fully saturated rings. The number of fused-ring (bicyclic) bond motifs is 3. The van der Waals surface area contributed by atoms with Crippen molar-refractivity contribution in [1.29, 1.82) is 0 Å². The topological polar surface area (TPSA) is 93.1 Å². The summed E-state index contributed by atoms with van der Waals surface area (Å²) in [6.07, 6.45) is 5.09. The number of carbonyl (C=O) groups excluding carboxylic acids is 2. The number of ether oxygens (including phenoxy) is 2. The number of esters is 1. The lowest BCUT2D eigenvalue weighted by Gasteiger charge is -2.65. The van der Waals surface area contributed by atoms with Crippen LogP contribution in [0, 0.1) is 28.1 Å². The number of allylic oxidation sites excluding steroid dienone is 1. The Labute approximate surface area is 152 Å². The quantitative estimate of drug-likeness (QED) is 0.569. The van der Waals surface area contributed by atoms with Crippen LogP contribution >= 0.6 is 0 Å². The Morgan fingerprint density at radius 1 is 1.31 bits per heavy atom. The number of hydrogen-bond donors (Lipinski definition) is 2. The fourth-order valence-corrected chi connectivity index (χ4v) is 6.93. The summed E-state index contributed by atoms with van der Waals surface area (Å²) < 4.78 is 11.7. The van der Waals surface area contributed by atoms with E-state index in [9.17, 15) is 19.8 Å². The van der Waals surface area contributed by atoms with Crippen LogP contribution in [0.2, 0.25) is 0 Å². The normalized spacial score (nSPS) is 54.2. The summed E-state index contributed by atoms with van der Waals surface area (Å²) >= 11 is 0. The Morgan fingerprint density at radius 3 is 2.73 bits per heavy atom. The zero-order valence-electron chi connectivity index (χ0n) is 15.3. The minimum Gasteiger partial charge on any atom is -0.457 e. The molecule has 3 saturated heterocycles. The van der Waals surface area contributed by atoms with Crippen LogP contribution in [-0.4, -0.2) is 47.1 Å². The third-order valence-corrected chi connectivity index (χ3v) is 8.47. The summed E-state index contributed by atoms with van der Waals surface area (Å²) in [5, 5.41) is 20.4. The molecule has 1 spiro atoms. The van der Waals surface area contributed by atoms with Gasteiger partial charge < -0.3 is 19.7 Å². The lowest BCUT2D eigenvalue weighted by molar-refractivity contribution is -0.367. The second-order valence-electron chi connectivity index (χ2n) is 9.51. The van der Waals surface area contributed by atoms with E-state index in [1.807, 2.05) is 13.0 Å². The van der Waals surface area contributed by atoms with Crippen LogP contribution < -0.4 is 0 Å². The molecule has 0 aromatic rings. The molecule has 7 atom stereocenters. The first-order valence-electron chi connectivity index (χ1n) is 9.62. The van der Waals surface area contributed by atoms with E-state index in [0.717, 1.165) is 24.8 Å². The number of carbonyl (C=O) groups is 2. The maximum Gasteiger partial charge on any atom is 0.318 e. The predicted molar refractivity (Wildman–Crippen MR) is 89.7 cm³/mol. The first-order chi connectivity index (χ1) is 12.2. The van der Waals surface area contributed by atoms with E-state index in [1.54, 1.807) is 6.92 Å². The minimum atomic E-state index is -1.44. The molecular formula is C20H26O6. The van der Waals surface area contributed by atoms with Gasteiger partial charge >= 0.3 is 5.97 Å². The second-order valence-corrected chi connectivity index (χ2v) is 9.51. The van der Waals surface area contributed by atoms with Gasteiger partial charge in [0.25, 0.3) is 0 Å². The van der Waals surface area contributed by atoms with E-state index in [-0.39, 0.29) is 35.1 Å². The van der Waals surface area contributed by atoms with Crippen LogP contribution in [0.15, 0.2) is 11.6 Å². The van der Waals surface area contributed by atoms with E-state index in [1.165, 1.54) is 0 Å². The molecule has 6 aliphatic rings. The molecule has 0 radical (unpaired) electrons. The molecule has 3 heterocycles. The van der Waals surface area contributed by atoms with Crippen LogP contribution in [0.4, 0.5) is 0 Å². The molecule has 6 nitrogen and oxygen atoms in total. The van der Waals surface area contributed by atoms with Crippen molar-refractivity contribution < 1.29 is 29.3 Å². The number of hydrogen-bond acceptors (Lipinski definition) is 6. The van der Waals surface area contributed by atoms with Gasteiger partial charge in [0.05, 0.1) is 6.61 Å². The molecule has 0 unspecified atom stereocenters. The van der Waals surface area contributed by atoms with Crippen molar-refractivity contribution in [3.63, 3.8) is 0 Å². The van der Waals surface area contributed by atoms with E-state index < -0.39 is 23.2 Å². The number of aliphatic hydroxyl groups excluding tert-OH is 1. The molecule has 0 amide bonds. The van der Waals surface area contributed by atoms with Crippen molar-refractivity contribution >= 4 is 11.8 Å². The Hall–Kier alpha value is -1.24. The van der Waals surface area contributed by atoms with Gasteiger partial charge in [-0.25, -0.2) is 0 Å². The highest BCUT2D eigenvalue weighted by Gasteiger charge is 2.78. The van der Waals surface area contributed by atoms with Crippen LogP contribution in [-0.2, 0) is 19.1 Å². The lowest BCUT2D eigenvalue weighted by atomic mass is 9.42. The first kappa shape index (κ1) is 16.9. The van der Waals surface area contributed by atoms with E-state index >= 15 is 0 Å². The van der Waals surface area contributed by atoms with Crippen molar-refractivity contribution in [1.82, 2.24) is 0 Å². The summed E-state index contributed by atoms with van der Waals surface area (Å²) in [6.45, 7) is 3.72. The summed E-state index contributed by atoms with van der Waals surface area (Å²) in [6, 6.07) is 0. The molecule has 26 heavy (non-hydrogen) atoms. The van der Waals surface area contributed by atoms with Gasteiger partial charge in [0.2, 0.25) is 0 Å². The maximum atomic E-state index is 12.8. The number of rotatable bonds is 2. The SMILES string of the molecule is C[C@@]1(C(=O)CO)CC[C@H]2C(=C[C@@H]3OC(=O)[C@]4(C)[C@H]3[C@]23CC[C@]4(O)OC3)C1. The standard InChI is InChI=1S/C20H26O6/c1-17(14(22)9-21)4-3-12-11(8-17)7-13-15-18(2,16(23)26-13)20(24)6-5-19(12,15)10-25-20/h7,12-13,15,21,24H,3-6,8-10H2,1-2H3/t12-,13-,15-,17+,18-,19-,20-/m0/s1. The number of ketones is 1. The average Bonchev–Trinajstić information content (AvgIpc) is 2.89. The van der Waals surface area contributed by atoms with E-state index in [4.69, 9.17) is 9.47 Å². The summed E-state index contributed by atoms with van der Waals surface area (Å²) in [4.78, 5) is 25.1. The van der Waals surface area contributed by atoms with Crippen LogP contribution in [0.5, 0.6) is 0 Å². The summed E-state index contributed by atoms with van der Waals surface area (Å²) in [5.41, 5.74) is -0.645. The average molecular weight is 362 g/mol. The van der Waals surface area contributed by atoms with Crippen molar-refractivity contribution in [2.75, 3.05) is 13.2 Å². The van der Waals surface area contributed by atoms with Crippen LogP contribution in [0.25, 0.3) is 0 Å². The van der Waals surface area contributed by atoms with Gasteiger partial charge in [-0.3, -0.25) is 9.59 Å². The van der Waals surface area contributed by atoms with Crippen LogP contribution in [0.3, 0.4) is 0 Å². The Morgan fingerprint density at radius 2 is 2.08 bits per heavy atom. The lowest BCUT2D eigenvalue weighted by Crippen LogP contribution is -2.71. The molecule has 2 saturated carbocycles. The van der Waals surface area contributed by atoms with E-state index in [0.29, 0.717) is 19.4 Å². The highest BCUT2D eigenvalue weighted by molar-refractivity contribution is 5.86. The van der Waals surface area contributed by atoms with Gasteiger partial charge in [0, 0.05) is 23.2 Å². The number of Topliss-reactive ketones (excluding diaryl/α,β-unsaturated/α-hetero) is 1. The minimum absolute atomic E-state index is 0.0818. The molecule has 0 aromatic heterocycles. The largest absolute Gasteiger partial charge is 0.457 e. The maximum absolute atomic E-state index is 12.8. The van der Waals surface area contributed by atoms with Gasteiger partial charge in [0.1, 0.15) is 18.1 Å². The van der Waals surface area contributed by atoms with Gasteiger partial charge in [-0.1, -0.05) is 12.5 Å². The third-order valence-electron chi connectivity index (χ3n) is 8.47. The van der Waals surface area contributed by atoms with Gasteiger partial charge in [0.15, 0.2) is 11.6 Å². The van der Waals surface area contributed by atoms with Crippen molar-refractivity contribution in [2.24, 2.45) is 28.1 Å². The molecule has 3 aliphatic heterocycles. The Kier molecular flexibility index (Phi) is 3.10. The van der Waals surface area contributed by atoms with E-state index in [2.05, 4.69) is 0 Å². The summed E-state index contributed by atoms with van der Waals surface area (Å²) in [7, 11) is 0. The molecule has 3 aliphatic carbocycles. The van der Waals surface area contributed by atoms with Gasteiger partial charge in [-0.2, -0.15) is 0 Å². The fraction of sp³-hybridized carbons (Fsp3) is 0.800. The first-order valence-corrected chi connectivity index (χ1v) is 9.62. The third kappa shape index (κ3) is 1.65. The molecular weight excluding hydrogens is 336 g/mol. The highest BCUT2D eigenvalue weighted by atomic mass is 16.6. The molecule has 6 heteroatoms. The monoisotopic (exact) mass is 362 g/mol. The smallest absolute Gasteiger partial charge is 0.318 e. The molecule has 2 bridgehead atoms. The number of aliphatic hydroxyl groups is 2. The Bertz CT molecular complexity index is 733. The van der Waals surface area contributed by atoms with Gasteiger partial charge in [-0.05, 0) is 44.6 Å². The van der Waals surface area contributed by atoms with Crippen molar-refractivity contribution in [3.8, 4) is 0 Å². The zero-order chi connectivity index (χ0) is 18.5. The highest BCUT2D eigenvalue weighted by Crippen LogP contribution is 2.71. The summed E-state index contributed by atoms with van der Waals surface area (Å²) in [5.74, 6) is -1.78. The second kappa shape index (κ2) is 4.78. The zero-order valence-corrected chi connectivity index (χ0v) is 15.3. The predicted octanol–water partition coefficient (Wildman–Crippen LogP) is 1.34. The fourth-order valence-electron chi connectivity index (χ4n) is 6.93.